The Morgan fingerprint density at radius 1 is 1.33 bits per heavy atom. The Kier molecular flexibility index (Phi) is 7.03. The van der Waals surface area contributed by atoms with Crippen molar-refractivity contribution >= 4 is 21.6 Å². The molecule has 7 heteroatoms. The normalized spacial score (nSPS) is 15.6. The number of nitrogens with one attached hydrogen (secondary N) is 1. The number of hydrogen-bond donors (Lipinski definition) is 2. The smallest absolute Gasteiger partial charge is 0.259 e. The standard InChI is InChI=1S/C20H31N3O3S/c1-4-9-23(10-14(24)12-26-13(2)3)11-17-21-19(25)18-15-7-5-6-8-16(15)27-20(18)22-17/h13-14,24H,4-12H2,1-3H3,(H,21,22,25)/t14-/m1/s1. The fraction of sp³-hybridized carbons (Fsp3) is 0.700. The molecular weight excluding hydrogens is 362 g/mol. The third-order valence-corrected chi connectivity index (χ3v) is 6.06. The second-order valence-electron chi connectivity index (χ2n) is 7.67. The molecule has 1 aliphatic carbocycles. The summed E-state index contributed by atoms with van der Waals surface area (Å²) in [5.74, 6) is 0.677. The molecule has 0 amide bonds. The summed E-state index contributed by atoms with van der Waals surface area (Å²) >= 11 is 1.67. The molecule has 0 saturated heterocycles. The van der Waals surface area contributed by atoms with E-state index in [9.17, 15) is 9.90 Å². The van der Waals surface area contributed by atoms with Gasteiger partial charge in [0.2, 0.25) is 0 Å². The third-order valence-electron chi connectivity index (χ3n) is 4.88. The van der Waals surface area contributed by atoms with Crippen molar-refractivity contribution in [3.63, 3.8) is 0 Å². The van der Waals surface area contributed by atoms with E-state index in [2.05, 4.69) is 16.8 Å². The number of aliphatic hydroxyl groups excluding tert-OH is 1. The number of ether oxygens (including phenoxy) is 1. The highest BCUT2D eigenvalue weighted by molar-refractivity contribution is 7.18. The Morgan fingerprint density at radius 3 is 2.85 bits per heavy atom. The first kappa shape index (κ1) is 20.5. The van der Waals surface area contributed by atoms with E-state index in [4.69, 9.17) is 9.72 Å². The van der Waals surface area contributed by atoms with Gasteiger partial charge in [0.15, 0.2) is 0 Å². The van der Waals surface area contributed by atoms with E-state index in [1.54, 1.807) is 11.3 Å². The molecule has 0 radical (unpaired) electrons. The first-order valence-electron chi connectivity index (χ1n) is 10.0. The van der Waals surface area contributed by atoms with Gasteiger partial charge in [0.25, 0.3) is 5.56 Å². The highest BCUT2D eigenvalue weighted by Gasteiger charge is 2.20. The number of hydrogen-bond acceptors (Lipinski definition) is 6. The van der Waals surface area contributed by atoms with Gasteiger partial charge in [-0.25, -0.2) is 4.98 Å². The molecule has 0 bridgehead atoms. The number of H-pyrrole nitrogens is 1. The molecule has 0 aliphatic heterocycles. The number of aromatic amines is 1. The van der Waals surface area contributed by atoms with Crippen LogP contribution in [-0.4, -0.2) is 51.9 Å². The average molecular weight is 394 g/mol. The van der Waals surface area contributed by atoms with E-state index in [0.717, 1.165) is 42.4 Å². The fourth-order valence-corrected chi connectivity index (χ4v) is 4.98. The molecule has 150 valence electrons. The van der Waals surface area contributed by atoms with Crippen molar-refractivity contribution in [1.82, 2.24) is 14.9 Å². The number of fused-ring (bicyclic) bond motifs is 3. The van der Waals surface area contributed by atoms with Crippen LogP contribution in [0.3, 0.4) is 0 Å². The van der Waals surface area contributed by atoms with Crippen molar-refractivity contribution in [2.45, 2.75) is 71.6 Å². The second kappa shape index (κ2) is 9.28. The predicted octanol–water partition coefficient (Wildman–Crippen LogP) is 2.86. The summed E-state index contributed by atoms with van der Waals surface area (Å²) in [6.45, 7) is 8.21. The Hall–Kier alpha value is -1.28. The lowest BCUT2D eigenvalue weighted by atomic mass is 9.97. The maximum absolute atomic E-state index is 12.7. The lowest BCUT2D eigenvalue weighted by molar-refractivity contribution is -0.00977. The molecule has 2 N–H and O–H groups in total. The molecule has 0 aromatic carbocycles. The van der Waals surface area contributed by atoms with Crippen molar-refractivity contribution < 1.29 is 9.84 Å². The van der Waals surface area contributed by atoms with Gasteiger partial charge in [-0.2, -0.15) is 0 Å². The molecule has 6 nitrogen and oxygen atoms in total. The van der Waals surface area contributed by atoms with Gasteiger partial charge in [-0.05, 0) is 58.1 Å². The largest absolute Gasteiger partial charge is 0.389 e. The van der Waals surface area contributed by atoms with E-state index in [-0.39, 0.29) is 11.7 Å². The molecule has 27 heavy (non-hydrogen) atoms. The van der Waals surface area contributed by atoms with Crippen molar-refractivity contribution in [3.05, 3.63) is 26.6 Å². The summed E-state index contributed by atoms with van der Waals surface area (Å²) in [6.07, 6.45) is 4.93. The van der Waals surface area contributed by atoms with Crippen LogP contribution in [0.1, 0.15) is 56.3 Å². The fourth-order valence-electron chi connectivity index (χ4n) is 3.70. The molecule has 2 aromatic heterocycles. The minimum atomic E-state index is -0.552. The summed E-state index contributed by atoms with van der Waals surface area (Å²) in [5.41, 5.74) is 1.20. The first-order valence-corrected chi connectivity index (χ1v) is 10.8. The number of aromatic nitrogens is 2. The quantitative estimate of drug-likeness (QED) is 0.685. The number of nitrogens with zero attached hydrogens (tertiary/aromatic N) is 2. The number of thiophene rings is 1. The molecule has 3 rings (SSSR count). The zero-order valence-electron chi connectivity index (χ0n) is 16.6. The maximum Gasteiger partial charge on any atom is 0.259 e. The molecule has 1 aliphatic rings. The minimum absolute atomic E-state index is 0.0189. The lowest BCUT2D eigenvalue weighted by Crippen LogP contribution is -2.36. The number of aliphatic hydroxyl groups is 1. The van der Waals surface area contributed by atoms with Gasteiger partial charge in [-0.3, -0.25) is 9.69 Å². The van der Waals surface area contributed by atoms with Crippen LogP contribution in [-0.2, 0) is 24.1 Å². The molecule has 0 fully saturated rings. The number of rotatable bonds is 9. The van der Waals surface area contributed by atoms with Crippen LogP contribution in [0.2, 0.25) is 0 Å². The lowest BCUT2D eigenvalue weighted by Gasteiger charge is -2.24. The van der Waals surface area contributed by atoms with Crippen molar-refractivity contribution in [2.75, 3.05) is 19.7 Å². The molecule has 1 atom stereocenters. The summed E-state index contributed by atoms with van der Waals surface area (Å²) < 4.78 is 5.51. The summed E-state index contributed by atoms with van der Waals surface area (Å²) in [5, 5.41) is 11.1. The highest BCUT2D eigenvalue weighted by atomic mass is 32.1. The van der Waals surface area contributed by atoms with Crippen LogP contribution in [0.25, 0.3) is 10.2 Å². The Morgan fingerprint density at radius 2 is 2.11 bits per heavy atom. The predicted molar refractivity (Wildman–Crippen MR) is 110 cm³/mol. The average Bonchev–Trinajstić information content (AvgIpc) is 2.98. The van der Waals surface area contributed by atoms with Crippen LogP contribution in [0, 0.1) is 0 Å². The van der Waals surface area contributed by atoms with Gasteiger partial charge in [-0.15, -0.1) is 11.3 Å². The van der Waals surface area contributed by atoms with Crippen LogP contribution in [0.15, 0.2) is 4.79 Å². The Bertz CT molecular complexity index is 815. The van der Waals surface area contributed by atoms with Gasteiger partial charge in [0.05, 0.1) is 30.7 Å². The van der Waals surface area contributed by atoms with E-state index >= 15 is 0 Å². The highest BCUT2D eigenvalue weighted by Crippen LogP contribution is 2.33. The van der Waals surface area contributed by atoms with Crippen LogP contribution >= 0.6 is 11.3 Å². The third kappa shape index (κ3) is 5.16. The van der Waals surface area contributed by atoms with Crippen molar-refractivity contribution in [3.8, 4) is 0 Å². The molecule has 0 spiro atoms. The maximum atomic E-state index is 12.7. The van der Waals surface area contributed by atoms with E-state index in [1.807, 2.05) is 13.8 Å². The zero-order chi connectivity index (χ0) is 19.4. The summed E-state index contributed by atoms with van der Waals surface area (Å²) in [4.78, 5) is 24.8. The van der Waals surface area contributed by atoms with Gasteiger partial charge in [0, 0.05) is 11.4 Å². The minimum Gasteiger partial charge on any atom is -0.389 e. The Balaban J connectivity index is 1.75. The van der Waals surface area contributed by atoms with Gasteiger partial charge < -0.3 is 14.8 Å². The molecule has 2 aromatic rings. The summed E-state index contributed by atoms with van der Waals surface area (Å²) in [6, 6.07) is 0. The van der Waals surface area contributed by atoms with Crippen molar-refractivity contribution in [2.24, 2.45) is 0 Å². The monoisotopic (exact) mass is 393 g/mol. The van der Waals surface area contributed by atoms with Crippen molar-refractivity contribution in [1.29, 1.82) is 0 Å². The SMILES string of the molecule is CCCN(Cc1nc2sc3c(c2c(=O)[nH]1)CCCC3)C[C@@H](O)COC(C)C. The second-order valence-corrected chi connectivity index (χ2v) is 8.76. The van der Waals surface area contributed by atoms with E-state index < -0.39 is 6.10 Å². The van der Waals surface area contributed by atoms with Gasteiger partial charge >= 0.3 is 0 Å². The van der Waals surface area contributed by atoms with E-state index in [1.165, 1.54) is 16.9 Å². The first-order chi connectivity index (χ1) is 13.0. The van der Waals surface area contributed by atoms with Crippen LogP contribution in [0.5, 0.6) is 0 Å². The molecule has 2 heterocycles. The number of aryl methyl sites for hydroxylation is 2. The van der Waals surface area contributed by atoms with Gasteiger partial charge in [-0.1, -0.05) is 6.92 Å². The topological polar surface area (TPSA) is 78.5 Å². The van der Waals surface area contributed by atoms with Crippen LogP contribution < -0.4 is 5.56 Å². The zero-order valence-corrected chi connectivity index (χ0v) is 17.4. The molecule has 0 unspecified atom stereocenters. The molecule has 0 saturated carbocycles. The van der Waals surface area contributed by atoms with E-state index in [0.29, 0.717) is 25.5 Å². The Labute approximate surface area is 164 Å². The van der Waals surface area contributed by atoms with Crippen LogP contribution in [0.4, 0.5) is 0 Å². The molecular formula is C20H31N3O3S. The summed E-state index contributed by atoms with van der Waals surface area (Å²) in [7, 11) is 0. The van der Waals surface area contributed by atoms with Gasteiger partial charge in [0.1, 0.15) is 10.7 Å².